The number of hydrogen-bond donors (Lipinski definition) is 1. The van der Waals surface area contributed by atoms with Gasteiger partial charge in [0.1, 0.15) is 0 Å². The predicted octanol–water partition coefficient (Wildman–Crippen LogP) is 2.74. The molecule has 1 saturated heterocycles. The maximum atomic E-state index is 12.4. The van der Waals surface area contributed by atoms with Crippen LogP contribution in [0.25, 0.3) is 0 Å². The molecule has 0 bridgehead atoms. The van der Waals surface area contributed by atoms with Gasteiger partial charge in [0.25, 0.3) is 0 Å². The molecule has 0 atom stereocenters. The Morgan fingerprint density at radius 1 is 1.04 bits per heavy atom. The second-order valence-corrected chi connectivity index (χ2v) is 7.21. The molecule has 3 rings (SSSR count). The summed E-state index contributed by atoms with van der Waals surface area (Å²) in [6.07, 6.45) is 4.83. The molecule has 2 fully saturated rings. The second-order valence-electron chi connectivity index (χ2n) is 7.21. The van der Waals surface area contributed by atoms with Crippen molar-refractivity contribution in [3.05, 3.63) is 35.9 Å². The fourth-order valence-corrected chi connectivity index (χ4v) is 3.74. The number of carboxylic acids is 1. The maximum Gasteiger partial charge on any atom is 0.306 e. The number of carboxylic acid groups (broad SMARTS) is 1. The second kappa shape index (κ2) is 8.48. The molecule has 25 heavy (non-hydrogen) atoms. The van der Waals surface area contributed by atoms with Gasteiger partial charge in [0, 0.05) is 25.6 Å². The van der Waals surface area contributed by atoms with Gasteiger partial charge in [-0.05, 0) is 44.1 Å². The predicted molar refractivity (Wildman–Crippen MR) is 94.2 cm³/mol. The highest BCUT2D eigenvalue weighted by molar-refractivity contribution is 5.80. The maximum absolute atomic E-state index is 12.4. The Bertz CT molecular complexity index is 575. The average Bonchev–Trinajstić information content (AvgIpc) is 2.60. The van der Waals surface area contributed by atoms with E-state index in [1.54, 1.807) is 0 Å². The molecule has 1 amide bonds. The topological polar surface area (TPSA) is 66.8 Å². The summed E-state index contributed by atoms with van der Waals surface area (Å²) < 4.78 is 5.84. The summed E-state index contributed by atoms with van der Waals surface area (Å²) >= 11 is 0. The summed E-state index contributed by atoms with van der Waals surface area (Å²) in [6.45, 7) is 2.09. The third kappa shape index (κ3) is 4.82. The smallest absolute Gasteiger partial charge is 0.306 e. The van der Waals surface area contributed by atoms with E-state index < -0.39 is 5.97 Å². The number of hydrogen-bond acceptors (Lipinski definition) is 3. The van der Waals surface area contributed by atoms with Crippen LogP contribution in [0, 0.1) is 11.8 Å². The molecule has 5 nitrogen and oxygen atoms in total. The van der Waals surface area contributed by atoms with Crippen LogP contribution in [-0.4, -0.2) is 47.7 Å². The molecule has 5 heteroatoms. The van der Waals surface area contributed by atoms with Crippen LogP contribution in [0.2, 0.25) is 0 Å². The largest absolute Gasteiger partial charge is 0.481 e. The number of nitrogens with zero attached hydrogens (tertiary/aromatic N) is 1. The van der Waals surface area contributed by atoms with Crippen molar-refractivity contribution in [3.63, 3.8) is 0 Å². The van der Waals surface area contributed by atoms with Gasteiger partial charge in [-0.2, -0.15) is 0 Å². The van der Waals surface area contributed by atoms with Gasteiger partial charge < -0.3 is 14.7 Å². The van der Waals surface area contributed by atoms with Crippen LogP contribution in [0.5, 0.6) is 0 Å². The van der Waals surface area contributed by atoms with Crippen molar-refractivity contribution in [2.24, 2.45) is 11.8 Å². The number of likely N-dealkylation sites (tertiary alicyclic amines) is 1. The normalized spacial score (nSPS) is 23.9. The molecular weight excluding hydrogens is 318 g/mol. The van der Waals surface area contributed by atoms with Gasteiger partial charge in [-0.1, -0.05) is 30.3 Å². The van der Waals surface area contributed by atoms with Gasteiger partial charge in [-0.15, -0.1) is 0 Å². The number of benzene rings is 1. The van der Waals surface area contributed by atoms with E-state index in [2.05, 4.69) is 24.3 Å². The van der Waals surface area contributed by atoms with Crippen molar-refractivity contribution < 1.29 is 19.4 Å². The molecule has 0 unspecified atom stereocenters. The molecule has 1 aliphatic carbocycles. The summed E-state index contributed by atoms with van der Waals surface area (Å²) in [5.41, 5.74) is 1.33. The molecule has 0 radical (unpaired) electrons. The Balaban J connectivity index is 1.29. The summed E-state index contributed by atoms with van der Waals surface area (Å²) in [5.74, 6) is -0.789. The molecule has 136 valence electrons. The minimum absolute atomic E-state index is 0.00892. The quantitative estimate of drug-likeness (QED) is 0.772. The Hall–Kier alpha value is -1.88. The van der Waals surface area contributed by atoms with E-state index in [0.29, 0.717) is 38.8 Å². The van der Waals surface area contributed by atoms with Crippen molar-refractivity contribution in [1.29, 1.82) is 0 Å². The van der Waals surface area contributed by atoms with E-state index in [9.17, 15) is 9.59 Å². The number of ether oxygens (including phenoxy) is 1. The zero-order chi connectivity index (χ0) is 17.6. The van der Waals surface area contributed by atoms with Crippen LogP contribution < -0.4 is 0 Å². The number of aliphatic carboxylic acids is 1. The number of amides is 1. The van der Waals surface area contributed by atoms with E-state index in [1.165, 1.54) is 5.56 Å². The lowest BCUT2D eigenvalue weighted by Gasteiger charge is -2.41. The van der Waals surface area contributed by atoms with E-state index in [-0.39, 0.29) is 23.8 Å². The van der Waals surface area contributed by atoms with Crippen LogP contribution in [0.15, 0.2) is 30.3 Å². The summed E-state index contributed by atoms with van der Waals surface area (Å²) in [5, 5.41) is 9.03. The summed E-state index contributed by atoms with van der Waals surface area (Å²) in [4.78, 5) is 25.3. The van der Waals surface area contributed by atoms with Gasteiger partial charge in [0.15, 0.2) is 0 Å². The minimum Gasteiger partial charge on any atom is -0.481 e. The van der Waals surface area contributed by atoms with Crippen molar-refractivity contribution in [1.82, 2.24) is 4.90 Å². The first-order valence-corrected chi connectivity index (χ1v) is 9.30. The van der Waals surface area contributed by atoms with Crippen LogP contribution in [0.4, 0.5) is 0 Å². The first kappa shape index (κ1) is 17.9. The third-order valence-electron chi connectivity index (χ3n) is 5.39. The fraction of sp³-hybridized carbons (Fsp3) is 0.600. The van der Waals surface area contributed by atoms with Crippen molar-refractivity contribution >= 4 is 11.9 Å². The van der Waals surface area contributed by atoms with Crippen LogP contribution >= 0.6 is 0 Å². The van der Waals surface area contributed by atoms with E-state index in [0.717, 1.165) is 19.4 Å². The minimum atomic E-state index is -0.723. The lowest BCUT2D eigenvalue weighted by molar-refractivity contribution is -0.153. The third-order valence-corrected chi connectivity index (χ3v) is 5.39. The SMILES string of the molecule is O=C(O)C1CCC(C(=O)N2CC(OCCCc3ccccc3)C2)CC1. The summed E-state index contributed by atoms with van der Waals surface area (Å²) in [7, 11) is 0. The first-order chi connectivity index (χ1) is 12.1. The highest BCUT2D eigenvalue weighted by atomic mass is 16.5. The molecule has 1 heterocycles. The monoisotopic (exact) mass is 345 g/mol. The lowest BCUT2D eigenvalue weighted by atomic mass is 9.81. The Morgan fingerprint density at radius 2 is 1.68 bits per heavy atom. The Morgan fingerprint density at radius 3 is 2.32 bits per heavy atom. The van der Waals surface area contributed by atoms with Gasteiger partial charge in [0.05, 0.1) is 12.0 Å². The van der Waals surface area contributed by atoms with Gasteiger partial charge in [-0.3, -0.25) is 9.59 Å². The molecular formula is C20H27NO4. The molecule has 1 aromatic rings. The van der Waals surface area contributed by atoms with Crippen molar-refractivity contribution in [3.8, 4) is 0 Å². The Kier molecular flexibility index (Phi) is 6.08. The zero-order valence-corrected chi connectivity index (χ0v) is 14.6. The van der Waals surface area contributed by atoms with Crippen LogP contribution in [0.1, 0.15) is 37.7 Å². The average molecular weight is 345 g/mol. The van der Waals surface area contributed by atoms with Gasteiger partial charge in [-0.25, -0.2) is 0 Å². The number of aryl methyl sites for hydroxylation is 1. The highest BCUT2D eigenvalue weighted by Crippen LogP contribution is 2.31. The molecule has 1 aliphatic heterocycles. The van der Waals surface area contributed by atoms with Crippen molar-refractivity contribution in [2.75, 3.05) is 19.7 Å². The molecule has 1 saturated carbocycles. The molecule has 0 aromatic heterocycles. The van der Waals surface area contributed by atoms with Crippen LogP contribution in [-0.2, 0) is 20.7 Å². The fourth-order valence-electron chi connectivity index (χ4n) is 3.74. The van der Waals surface area contributed by atoms with E-state index >= 15 is 0 Å². The van der Waals surface area contributed by atoms with Gasteiger partial charge in [0.2, 0.25) is 5.91 Å². The number of carbonyl (C=O) groups excluding carboxylic acids is 1. The molecule has 0 spiro atoms. The number of carbonyl (C=O) groups is 2. The number of rotatable bonds is 7. The molecule has 1 N–H and O–H groups in total. The zero-order valence-electron chi connectivity index (χ0n) is 14.6. The molecule has 1 aromatic carbocycles. The Labute approximate surface area is 149 Å². The van der Waals surface area contributed by atoms with Crippen LogP contribution in [0.3, 0.4) is 0 Å². The lowest BCUT2D eigenvalue weighted by Crippen LogP contribution is -2.56. The highest BCUT2D eigenvalue weighted by Gasteiger charge is 2.37. The van der Waals surface area contributed by atoms with Crippen molar-refractivity contribution in [2.45, 2.75) is 44.6 Å². The molecule has 2 aliphatic rings. The summed E-state index contributed by atoms with van der Waals surface area (Å²) in [6, 6.07) is 10.4. The van der Waals surface area contributed by atoms with E-state index in [1.807, 2.05) is 11.0 Å². The first-order valence-electron chi connectivity index (χ1n) is 9.30. The van der Waals surface area contributed by atoms with E-state index in [4.69, 9.17) is 9.84 Å². The van der Waals surface area contributed by atoms with Gasteiger partial charge >= 0.3 is 5.97 Å². The standard InChI is InChI=1S/C20H27NO4/c22-19(16-8-10-17(11-9-16)20(23)24)21-13-18(14-21)25-12-4-7-15-5-2-1-3-6-15/h1-3,5-6,16-18H,4,7-14H2,(H,23,24).